The number of amides is 2. The fourth-order valence-corrected chi connectivity index (χ4v) is 4.43. The first-order chi connectivity index (χ1) is 16.9. The Bertz CT molecular complexity index is 1380. The second-order valence-electron chi connectivity index (χ2n) is 8.20. The monoisotopic (exact) mass is 511 g/mol. The number of rotatable bonds is 9. The van der Waals surface area contributed by atoms with Crippen LogP contribution in [-0.2, 0) is 18.4 Å². The van der Waals surface area contributed by atoms with E-state index in [1.165, 1.54) is 22.6 Å². The van der Waals surface area contributed by atoms with Crippen molar-refractivity contribution >= 4 is 46.3 Å². The van der Waals surface area contributed by atoms with Gasteiger partial charge in [-0.25, -0.2) is 4.98 Å². The molecule has 0 atom stereocenters. The second-order valence-corrected chi connectivity index (χ2v) is 9.74. The Morgan fingerprint density at radius 2 is 2.03 bits per heavy atom. The van der Waals surface area contributed by atoms with Crippen LogP contribution >= 0.6 is 23.5 Å². The molecule has 3 aromatic rings. The lowest BCUT2D eigenvalue weighted by Crippen LogP contribution is -2.32. The molecule has 1 fully saturated rings. The van der Waals surface area contributed by atoms with Crippen LogP contribution in [-0.4, -0.2) is 38.6 Å². The van der Waals surface area contributed by atoms with Gasteiger partial charge in [-0.15, -0.1) is 11.6 Å². The average molecular weight is 512 g/mol. The highest BCUT2D eigenvalue weighted by Gasteiger charge is 2.45. The molecule has 0 aliphatic heterocycles. The largest absolute Gasteiger partial charge is 0.475 e. The van der Waals surface area contributed by atoms with Crippen molar-refractivity contribution in [2.45, 2.75) is 24.1 Å². The van der Waals surface area contributed by atoms with Crippen molar-refractivity contribution in [3.8, 4) is 11.9 Å². The van der Waals surface area contributed by atoms with Crippen molar-refractivity contribution < 1.29 is 14.3 Å². The number of nitrogens with one attached hydrogen (secondary N) is 2. The molecule has 9 nitrogen and oxygen atoms in total. The second kappa shape index (κ2) is 10.4. The van der Waals surface area contributed by atoms with Crippen LogP contribution in [0.3, 0.4) is 0 Å². The molecule has 0 bridgehead atoms. The van der Waals surface area contributed by atoms with Crippen LogP contribution in [0.15, 0.2) is 47.4 Å². The molecular formula is C24H22ClN5O4S. The molecule has 1 aliphatic carbocycles. The summed E-state index contributed by atoms with van der Waals surface area (Å²) in [5.41, 5.74) is 1.35. The number of pyridine rings is 2. The number of benzene rings is 1. The van der Waals surface area contributed by atoms with E-state index < -0.39 is 11.5 Å². The van der Waals surface area contributed by atoms with Crippen molar-refractivity contribution in [2.24, 2.45) is 7.05 Å². The summed E-state index contributed by atoms with van der Waals surface area (Å²) in [7, 11) is 1.57. The number of nitrogens with zero attached hydrogens (tertiary/aromatic N) is 3. The molecule has 2 amide bonds. The van der Waals surface area contributed by atoms with Crippen LogP contribution in [0.25, 0.3) is 10.9 Å². The zero-order chi connectivity index (χ0) is 25.0. The van der Waals surface area contributed by atoms with Crippen molar-refractivity contribution in [3.05, 3.63) is 69.6 Å². The highest BCUT2D eigenvalue weighted by molar-refractivity contribution is 7.99. The Kier molecular flexibility index (Phi) is 7.28. The Morgan fingerprint density at radius 1 is 1.29 bits per heavy atom. The summed E-state index contributed by atoms with van der Waals surface area (Å²) in [6, 6.07) is 12.1. The number of ether oxygens (including phenoxy) is 1. The fraction of sp³-hybridized carbons (Fsp3) is 0.292. The van der Waals surface area contributed by atoms with Gasteiger partial charge in [0.25, 0.3) is 11.5 Å². The highest BCUT2D eigenvalue weighted by atomic mass is 35.5. The molecule has 11 heteroatoms. The predicted octanol–water partition coefficient (Wildman–Crippen LogP) is 2.65. The minimum atomic E-state index is -0.500. The lowest BCUT2D eigenvalue weighted by Gasteiger charge is -2.17. The first kappa shape index (κ1) is 24.6. The number of nitriles is 1. The summed E-state index contributed by atoms with van der Waals surface area (Å²) in [6.07, 6.45) is 3.30. The van der Waals surface area contributed by atoms with Gasteiger partial charge in [0, 0.05) is 25.2 Å². The number of hydrogen-bond acceptors (Lipinski definition) is 7. The lowest BCUT2D eigenvalue weighted by molar-refractivity contribution is -0.116. The minimum absolute atomic E-state index is 0.00352. The van der Waals surface area contributed by atoms with Crippen LogP contribution < -0.4 is 20.3 Å². The van der Waals surface area contributed by atoms with Crippen molar-refractivity contribution in [3.63, 3.8) is 0 Å². The van der Waals surface area contributed by atoms with E-state index in [0.29, 0.717) is 23.1 Å². The standard InChI is InChI=1S/C24H22ClN5O4S/c1-30-20-17(6-9-27-22(20)34-14-24(7-8-24)35-29-19(31)11-25)10-18(23(30)33)21(32)28-13-16-4-2-15(12-26)3-5-16/h2-6,9-10H,7-8,11,13-14H2,1H3,(H,28,32)(H,29,31). The summed E-state index contributed by atoms with van der Waals surface area (Å²) in [5.74, 6) is -0.597. The molecule has 1 aromatic carbocycles. The third-order valence-electron chi connectivity index (χ3n) is 5.66. The molecule has 4 rings (SSSR count). The zero-order valence-corrected chi connectivity index (χ0v) is 20.4. The van der Waals surface area contributed by atoms with Crippen molar-refractivity contribution in [1.82, 2.24) is 19.6 Å². The van der Waals surface area contributed by atoms with Crippen LogP contribution in [0.5, 0.6) is 5.88 Å². The molecule has 180 valence electrons. The van der Waals surface area contributed by atoms with Gasteiger partial charge >= 0.3 is 0 Å². The number of aryl methyl sites for hydroxylation is 1. The van der Waals surface area contributed by atoms with Crippen LogP contribution in [0.1, 0.15) is 34.3 Å². The topological polar surface area (TPSA) is 126 Å². The molecule has 1 aliphatic rings. The SMILES string of the molecule is Cn1c(=O)c(C(=O)NCc2ccc(C#N)cc2)cc2ccnc(OCC3(SNC(=O)CCl)CC3)c21. The maximum Gasteiger partial charge on any atom is 0.263 e. The van der Waals surface area contributed by atoms with E-state index in [1.54, 1.807) is 43.6 Å². The quantitative estimate of drug-likeness (QED) is 0.334. The van der Waals surface area contributed by atoms with E-state index in [9.17, 15) is 14.4 Å². The molecule has 2 N–H and O–H groups in total. The zero-order valence-electron chi connectivity index (χ0n) is 18.8. The summed E-state index contributed by atoms with van der Waals surface area (Å²) in [5, 5.41) is 12.3. The number of fused-ring (bicyclic) bond motifs is 1. The van der Waals surface area contributed by atoms with E-state index in [1.807, 2.05) is 6.07 Å². The Hall–Kier alpha value is -3.55. The first-order valence-corrected chi connectivity index (χ1v) is 12.1. The summed E-state index contributed by atoms with van der Waals surface area (Å²) < 4.78 is 9.79. The van der Waals surface area contributed by atoms with Gasteiger partial charge in [-0.05, 0) is 54.6 Å². The van der Waals surface area contributed by atoms with Crippen molar-refractivity contribution in [1.29, 1.82) is 5.26 Å². The number of alkyl halides is 1. The molecular weight excluding hydrogens is 490 g/mol. The van der Waals surface area contributed by atoms with Crippen LogP contribution in [0, 0.1) is 11.3 Å². The van der Waals surface area contributed by atoms with E-state index in [2.05, 4.69) is 15.0 Å². The Balaban J connectivity index is 1.50. The van der Waals surface area contributed by atoms with Gasteiger partial charge in [0.05, 0.1) is 16.4 Å². The molecule has 0 saturated heterocycles. The van der Waals surface area contributed by atoms with Gasteiger partial charge in [-0.2, -0.15) is 5.26 Å². The number of halogens is 1. The first-order valence-electron chi connectivity index (χ1n) is 10.8. The molecule has 2 heterocycles. The van der Waals surface area contributed by atoms with Gasteiger partial charge in [0.15, 0.2) is 0 Å². The highest BCUT2D eigenvalue weighted by Crippen LogP contribution is 2.47. The lowest BCUT2D eigenvalue weighted by atomic mass is 10.1. The molecule has 35 heavy (non-hydrogen) atoms. The van der Waals surface area contributed by atoms with Gasteiger partial charge in [-0.3, -0.25) is 19.1 Å². The molecule has 0 spiro atoms. The van der Waals surface area contributed by atoms with Gasteiger partial charge < -0.3 is 14.6 Å². The van der Waals surface area contributed by atoms with E-state index in [0.717, 1.165) is 18.4 Å². The third kappa shape index (κ3) is 5.58. The van der Waals surface area contributed by atoms with Gasteiger partial charge in [0.1, 0.15) is 23.6 Å². The van der Waals surface area contributed by atoms with E-state index >= 15 is 0 Å². The maximum absolute atomic E-state index is 13.0. The third-order valence-corrected chi connectivity index (χ3v) is 7.19. The van der Waals surface area contributed by atoms with Gasteiger partial charge in [-0.1, -0.05) is 12.1 Å². The minimum Gasteiger partial charge on any atom is -0.475 e. The molecule has 2 aromatic heterocycles. The summed E-state index contributed by atoms with van der Waals surface area (Å²) in [4.78, 5) is 41.6. The van der Waals surface area contributed by atoms with E-state index in [-0.39, 0.29) is 34.5 Å². The average Bonchev–Trinajstić information content (AvgIpc) is 3.66. The maximum atomic E-state index is 13.0. The number of hydrogen-bond donors (Lipinski definition) is 2. The Morgan fingerprint density at radius 3 is 2.69 bits per heavy atom. The number of carbonyl (C=O) groups is 2. The summed E-state index contributed by atoms with van der Waals surface area (Å²) >= 11 is 6.82. The van der Waals surface area contributed by atoms with Crippen LogP contribution in [0.2, 0.25) is 0 Å². The smallest absolute Gasteiger partial charge is 0.263 e. The Labute approximate surface area is 210 Å². The molecule has 0 radical (unpaired) electrons. The fourth-order valence-electron chi connectivity index (χ4n) is 3.45. The van der Waals surface area contributed by atoms with E-state index in [4.69, 9.17) is 21.6 Å². The number of aromatic nitrogens is 2. The normalized spacial score (nSPS) is 13.6. The molecule has 1 saturated carbocycles. The van der Waals surface area contributed by atoms with Gasteiger partial charge in [0.2, 0.25) is 11.8 Å². The summed E-state index contributed by atoms with van der Waals surface area (Å²) in [6.45, 7) is 0.518. The predicted molar refractivity (Wildman–Crippen MR) is 133 cm³/mol. The molecule has 0 unspecified atom stereocenters. The van der Waals surface area contributed by atoms with Crippen LogP contribution in [0.4, 0.5) is 0 Å². The van der Waals surface area contributed by atoms with Crippen molar-refractivity contribution in [2.75, 3.05) is 12.5 Å². The number of carbonyl (C=O) groups excluding carboxylic acids is 2.